The van der Waals surface area contributed by atoms with E-state index < -0.39 is 28.5 Å². The molecule has 4 heterocycles. The van der Waals surface area contributed by atoms with Crippen molar-refractivity contribution in [3.8, 4) is 0 Å². The largest absolute Gasteiger partial charge is 0.396 e. The summed E-state index contributed by atoms with van der Waals surface area (Å²) >= 11 is 0. The van der Waals surface area contributed by atoms with Crippen LogP contribution in [0.2, 0.25) is 0 Å². The molecule has 5 fully saturated rings. The predicted octanol–water partition coefficient (Wildman–Crippen LogP) is 9.02. The van der Waals surface area contributed by atoms with Gasteiger partial charge in [0.05, 0.1) is 28.8 Å². The van der Waals surface area contributed by atoms with Gasteiger partial charge in [0.1, 0.15) is 11.9 Å². The summed E-state index contributed by atoms with van der Waals surface area (Å²) in [5, 5.41) is 34.9. The van der Waals surface area contributed by atoms with Crippen molar-refractivity contribution in [1.29, 1.82) is 0 Å². The number of aromatic nitrogens is 2. The monoisotopic (exact) mass is 851 g/mol. The SMILES string of the molecule is Cc1cc(Cc2cn(C[C@H]3C4=C([C@H](C)C[C@@H](O)[C@H]5OC5(C)C)C(=O)C[C@]4(C)[C@@]4(C)CC[C@H]5C(C)(C)C(=O)[C@H](CCCO)C[C@@]5(C)[C@H]4[C@@H]3O)c3cc[nH]c23)cc(C2CCOCC2)c1. The molecular weight excluding hydrogens is 777 g/mol. The predicted molar refractivity (Wildman–Crippen MR) is 242 cm³/mol. The maximum Gasteiger partial charge on any atom is 0.160 e. The fourth-order valence-electron chi connectivity index (χ4n) is 15.4. The lowest BCUT2D eigenvalue weighted by molar-refractivity contribution is -0.225. The Morgan fingerprint density at radius 1 is 1.02 bits per heavy atom. The maximum atomic E-state index is 14.9. The van der Waals surface area contributed by atoms with Gasteiger partial charge in [-0.2, -0.15) is 0 Å². The number of aryl methyl sites for hydroxylation is 1. The highest BCUT2D eigenvalue weighted by molar-refractivity contribution is 6.01. The fraction of sp³-hybridized carbons (Fsp3) is 0.698. The number of carbonyl (C=O) groups is 2. The quantitative estimate of drug-likeness (QED) is 0.134. The van der Waals surface area contributed by atoms with Crippen LogP contribution in [0.25, 0.3) is 11.0 Å². The Hall–Kier alpha value is -3.08. The van der Waals surface area contributed by atoms with Gasteiger partial charge in [0.15, 0.2) is 5.78 Å². The fourth-order valence-corrected chi connectivity index (χ4v) is 15.4. The van der Waals surface area contributed by atoms with Crippen LogP contribution >= 0.6 is 0 Å². The molecule has 0 amide bonds. The number of nitrogens with one attached hydrogen (secondary N) is 1. The first-order chi connectivity index (χ1) is 29.2. The third-order valence-corrected chi connectivity index (χ3v) is 18.3. The van der Waals surface area contributed by atoms with Gasteiger partial charge in [-0.3, -0.25) is 9.59 Å². The van der Waals surface area contributed by atoms with Crippen molar-refractivity contribution in [1.82, 2.24) is 9.55 Å². The van der Waals surface area contributed by atoms with Gasteiger partial charge in [0.25, 0.3) is 0 Å². The second kappa shape index (κ2) is 15.5. The molecule has 338 valence electrons. The molecule has 2 aliphatic heterocycles. The van der Waals surface area contributed by atoms with Gasteiger partial charge in [-0.05, 0) is 141 Å². The molecule has 9 rings (SSSR count). The smallest absolute Gasteiger partial charge is 0.160 e. The van der Waals surface area contributed by atoms with E-state index in [0.29, 0.717) is 50.4 Å². The Kier molecular flexibility index (Phi) is 11.1. The van der Waals surface area contributed by atoms with E-state index in [4.69, 9.17) is 9.47 Å². The van der Waals surface area contributed by atoms with E-state index >= 15 is 0 Å². The summed E-state index contributed by atoms with van der Waals surface area (Å²) in [6, 6.07) is 9.18. The summed E-state index contributed by atoms with van der Waals surface area (Å²) in [7, 11) is 0. The number of aliphatic hydroxyl groups is 3. The van der Waals surface area contributed by atoms with Gasteiger partial charge in [0, 0.05) is 74.3 Å². The lowest BCUT2D eigenvalue weighted by atomic mass is 9.34. The van der Waals surface area contributed by atoms with Crippen molar-refractivity contribution >= 4 is 22.6 Å². The van der Waals surface area contributed by atoms with E-state index in [1.807, 2.05) is 20.0 Å². The van der Waals surface area contributed by atoms with Crippen LogP contribution in [-0.4, -0.2) is 80.2 Å². The average molecular weight is 851 g/mol. The molecule has 0 spiro atoms. The van der Waals surface area contributed by atoms with Crippen LogP contribution in [0.1, 0.15) is 141 Å². The number of ketones is 2. The number of ether oxygens (including phenoxy) is 2. The number of Topliss-reactive ketones (excluding diaryl/α,β-unsaturated/α-hetero) is 2. The number of epoxide rings is 1. The van der Waals surface area contributed by atoms with Crippen LogP contribution < -0.4 is 0 Å². The van der Waals surface area contributed by atoms with Gasteiger partial charge >= 0.3 is 0 Å². The molecule has 2 aromatic heterocycles. The number of aliphatic hydroxyl groups excluding tert-OH is 3. The van der Waals surface area contributed by atoms with Gasteiger partial charge in [-0.1, -0.05) is 65.3 Å². The van der Waals surface area contributed by atoms with Gasteiger partial charge in [0.2, 0.25) is 0 Å². The minimum atomic E-state index is -0.777. The number of fused-ring (bicyclic) bond motifs is 6. The summed E-state index contributed by atoms with van der Waals surface area (Å²) in [5.41, 5.74) is 6.95. The van der Waals surface area contributed by atoms with Crippen molar-refractivity contribution in [2.45, 2.75) is 163 Å². The molecule has 9 nitrogen and oxygen atoms in total. The number of allylic oxidation sites excluding steroid dienone is 1. The Morgan fingerprint density at radius 3 is 2.44 bits per heavy atom. The molecule has 62 heavy (non-hydrogen) atoms. The highest BCUT2D eigenvalue weighted by Gasteiger charge is 2.72. The lowest BCUT2D eigenvalue weighted by Gasteiger charge is -2.70. The molecule has 2 saturated heterocycles. The summed E-state index contributed by atoms with van der Waals surface area (Å²) in [6.45, 7) is 21.8. The molecule has 0 bridgehead atoms. The summed E-state index contributed by atoms with van der Waals surface area (Å²) in [6.07, 6.45) is 9.82. The number of carbonyl (C=O) groups excluding carboxylic acids is 2. The minimum Gasteiger partial charge on any atom is -0.396 e. The van der Waals surface area contributed by atoms with E-state index in [-0.39, 0.29) is 59.1 Å². The lowest BCUT2D eigenvalue weighted by Crippen LogP contribution is -2.68. The first kappa shape index (κ1) is 44.1. The Labute approximate surface area is 369 Å². The topological polar surface area (TPSA) is 137 Å². The number of aromatic amines is 1. The molecule has 1 aromatic carbocycles. The van der Waals surface area contributed by atoms with Crippen LogP contribution in [0, 0.1) is 58.2 Å². The number of hydrogen-bond acceptors (Lipinski definition) is 7. The van der Waals surface area contributed by atoms with Crippen molar-refractivity contribution in [2.24, 2.45) is 51.2 Å². The van der Waals surface area contributed by atoms with Crippen LogP contribution in [0.3, 0.4) is 0 Å². The van der Waals surface area contributed by atoms with E-state index in [2.05, 4.69) is 88.5 Å². The molecule has 4 N–H and O–H groups in total. The van der Waals surface area contributed by atoms with E-state index in [0.717, 1.165) is 67.5 Å². The molecule has 3 aromatic rings. The highest BCUT2D eigenvalue weighted by atomic mass is 16.6. The van der Waals surface area contributed by atoms with Crippen LogP contribution in [0.5, 0.6) is 0 Å². The first-order valence-corrected chi connectivity index (χ1v) is 24.1. The summed E-state index contributed by atoms with van der Waals surface area (Å²) in [5.74, 6) is 0.0869. The normalized spacial score (nSPS) is 36.4. The Balaban J connectivity index is 1.14. The van der Waals surface area contributed by atoms with E-state index in [1.54, 1.807) is 0 Å². The molecule has 9 heteroatoms. The van der Waals surface area contributed by atoms with Crippen molar-refractivity contribution in [3.63, 3.8) is 0 Å². The highest BCUT2D eigenvalue weighted by Crippen LogP contribution is 2.75. The number of rotatable bonds is 12. The van der Waals surface area contributed by atoms with Gasteiger partial charge < -0.3 is 34.3 Å². The van der Waals surface area contributed by atoms with Gasteiger partial charge in [-0.25, -0.2) is 0 Å². The summed E-state index contributed by atoms with van der Waals surface area (Å²) in [4.78, 5) is 32.7. The molecular formula is C53H74N2O7. The zero-order valence-electron chi connectivity index (χ0n) is 39.0. The third-order valence-electron chi connectivity index (χ3n) is 18.3. The Morgan fingerprint density at radius 2 is 1.74 bits per heavy atom. The first-order valence-electron chi connectivity index (χ1n) is 24.1. The van der Waals surface area contributed by atoms with E-state index in [1.165, 1.54) is 22.3 Å². The molecule has 11 atom stereocenters. The standard InChI is InChI=1S/C53H74N2O7/c1-30-21-32(24-35(22-30)33-14-19-61-20-15-33)25-36-28-55(38-13-17-54-44(36)38)29-37-43-42(31(2)23-39(57)48-50(5,6)62-48)40(58)27-53(43,9)52(8)16-12-41-49(3,4)47(60)34(11-10-18-56)26-51(41,7)46(52)45(37)59/h13,17,21-22,24,28,31,33-34,37,39,41,45-46,48,54,56-57,59H,10-12,14-16,18-20,23,25-27,29H2,1-9H3/t31-,34-,37+,39-,41+,45-,46-,48-,51-,52+,53+/m1/s1. The van der Waals surface area contributed by atoms with Gasteiger partial charge in [-0.15, -0.1) is 0 Å². The van der Waals surface area contributed by atoms with Crippen LogP contribution in [-0.2, 0) is 32.0 Å². The van der Waals surface area contributed by atoms with Crippen molar-refractivity contribution < 1.29 is 34.4 Å². The maximum absolute atomic E-state index is 14.9. The zero-order chi connectivity index (χ0) is 44.3. The minimum absolute atomic E-state index is 0.0536. The van der Waals surface area contributed by atoms with Crippen molar-refractivity contribution in [2.75, 3.05) is 19.8 Å². The average Bonchev–Trinajstić information content (AvgIpc) is 3.48. The summed E-state index contributed by atoms with van der Waals surface area (Å²) < 4.78 is 13.9. The number of hydrogen-bond donors (Lipinski definition) is 4. The molecule has 4 aliphatic carbocycles. The molecule has 6 aliphatic rings. The second-order valence-electron chi connectivity index (χ2n) is 22.9. The molecule has 0 unspecified atom stereocenters. The van der Waals surface area contributed by atoms with Crippen molar-refractivity contribution in [3.05, 3.63) is 70.1 Å². The molecule has 0 radical (unpaired) electrons. The van der Waals surface area contributed by atoms with Crippen LogP contribution in [0.15, 0.2) is 47.8 Å². The second-order valence-corrected chi connectivity index (χ2v) is 22.9. The number of H-pyrrole nitrogens is 1. The zero-order valence-corrected chi connectivity index (χ0v) is 39.0. The number of benzene rings is 1. The molecule has 3 saturated carbocycles. The van der Waals surface area contributed by atoms with Crippen LogP contribution in [0.4, 0.5) is 0 Å². The number of nitrogens with zero attached hydrogens (tertiary/aromatic N) is 1. The van der Waals surface area contributed by atoms with E-state index in [9.17, 15) is 24.9 Å². The third kappa shape index (κ3) is 6.87. The Bertz CT molecular complexity index is 2260.